The first-order valence-electron chi connectivity index (χ1n) is 29.0. The second-order valence-corrected chi connectivity index (χ2v) is 24.1. The molecular formula is C74H44N2O14S2. The molecule has 92 heavy (non-hydrogen) atoms. The molecule has 4 heterocycles. The molecule has 0 radical (unpaired) electrons. The molecule has 0 bridgehead atoms. The number of carbonyl (C=O) groups excluding carboxylic acids is 8. The third-order valence-corrected chi connectivity index (χ3v) is 18.4. The molecule has 4 aliphatic rings. The third-order valence-electron chi connectivity index (χ3n) is 16.4. The van der Waals surface area contributed by atoms with E-state index in [4.69, 9.17) is 38.4 Å². The van der Waals surface area contributed by atoms with Crippen molar-refractivity contribution in [3.8, 4) is 32.6 Å². The zero-order chi connectivity index (χ0) is 62.8. The molecule has 0 amide bonds. The number of thiazole rings is 2. The van der Waals surface area contributed by atoms with Gasteiger partial charge in [0.15, 0.2) is 23.1 Å². The Kier molecular flexibility index (Phi) is 14.1. The molecule has 0 N–H and O–H groups in total. The zero-order valence-corrected chi connectivity index (χ0v) is 49.7. The van der Waals surface area contributed by atoms with E-state index in [-0.39, 0.29) is 114 Å². The van der Waals surface area contributed by atoms with Crippen LogP contribution in [-0.4, -0.2) is 57.0 Å². The number of ketones is 4. The molecule has 0 spiro atoms. The number of hydrogen-bond acceptors (Lipinski definition) is 18. The van der Waals surface area contributed by atoms with Gasteiger partial charge in [0.2, 0.25) is 11.8 Å². The topological polar surface area (TPSA) is 218 Å². The number of rotatable bonds is 14. The van der Waals surface area contributed by atoms with Gasteiger partial charge in [-0.2, -0.15) is 0 Å². The molecule has 9 aromatic carbocycles. The van der Waals surface area contributed by atoms with Crippen molar-refractivity contribution >= 4 is 103 Å². The molecule has 0 saturated carbocycles. The lowest BCUT2D eigenvalue weighted by molar-refractivity contribution is -0.185. The fourth-order valence-electron chi connectivity index (χ4n) is 11.8. The quantitative estimate of drug-likeness (QED) is 0.0325. The summed E-state index contributed by atoms with van der Waals surface area (Å²) in [5.41, 5.74) is -3.97. The maximum atomic E-state index is 15.7. The Balaban J connectivity index is 0.956. The number of Topliss-reactive ketones (excluding diaryl/α,β-unsaturated/α-hetero) is 4. The van der Waals surface area contributed by atoms with E-state index in [0.717, 1.165) is 44.2 Å². The maximum absolute atomic E-state index is 15.7. The second-order valence-electron chi connectivity index (χ2n) is 22.1. The van der Waals surface area contributed by atoms with Gasteiger partial charge in [0.25, 0.3) is 0 Å². The number of carbonyl (C=O) groups is 8. The molecule has 2 aromatic heterocycles. The van der Waals surface area contributed by atoms with Gasteiger partial charge in [-0.3, -0.25) is 19.2 Å². The SMILES string of the molecule is O=C1C(=Cc2nc3c(s2)-c2cc4c(cc2C(C(=O)OCc2ccccc2)(C(=O)OCc2ccccc2)O3)-c2sc(C=C3C(=O)c5cc6ccccc6cc5C3=O)nc2OC4(C(=O)OCc2ccccc2)C(=O)OCc2ccccc2)C(=O)c2cc3ccccc3cc21. The third kappa shape index (κ3) is 9.67. The zero-order valence-electron chi connectivity index (χ0n) is 48.0. The minimum absolute atomic E-state index is 0.0135. The number of aromatic nitrogens is 2. The minimum atomic E-state index is -2.94. The number of fused-ring (bicyclic) bond motifs is 10. The van der Waals surface area contributed by atoms with E-state index < -0.39 is 58.2 Å². The van der Waals surface area contributed by atoms with E-state index in [0.29, 0.717) is 22.3 Å². The molecule has 0 atom stereocenters. The van der Waals surface area contributed by atoms with Crippen molar-refractivity contribution < 1.29 is 66.8 Å². The van der Waals surface area contributed by atoms with Gasteiger partial charge in [0, 0.05) is 44.5 Å². The predicted molar refractivity (Wildman–Crippen MR) is 339 cm³/mol. The Bertz CT molecular complexity index is 4510. The largest absolute Gasteiger partial charge is 0.457 e. The van der Waals surface area contributed by atoms with E-state index in [2.05, 4.69) is 0 Å². The fourth-order valence-corrected chi connectivity index (χ4v) is 13.7. The van der Waals surface area contributed by atoms with Crippen LogP contribution in [0.5, 0.6) is 11.8 Å². The van der Waals surface area contributed by atoms with Crippen molar-refractivity contribution in [2.45, 2.75) is 37.6 Å². The van der Waals surface area contributed by atoms with Gasteiger partial charge < -0.3 is 28.4 Å². The highest BCUT2D eigenvalue weighted by molar-refractivity contribution is 7.17. The van der Waals surface area contributed by atoms with E-state index in [1.165, 1.54) is 24.3 Å². The monoisotopic (exact) mass is 1250 g/mol. The van der Waals surface area contributed by atoms with Gasteiger partial charge in [-0.05, 0) is 92.3 Å². The van der Waals surface area contributed by atoms with E-state index in [1.54, 1.807) is 146 Å². The Labute approximate surface area is 530 Å². The van der Waals surface area contributed by atoms with Crippen molar-refractivity contribution in [3.05, 3.63) is 283 Å². The number of ether oxygens (including phenoxy) is 6. The van der Waals surface area contributed by atoms with Crippen molar-refractivity contribution in [2.24, 2.45) is 0 Å². The van der Waals surface area contributed by atoms with E-state index >= 15 is 19.2 Å². The highest BCUT2D eigenvalue weighted by atomic mass is 32.1. The molecule has 0 saturated heterocycles. The second kappa shape index (κ2) is 22.8. The Morgan fingerprint density at radius 2 is 0.620 bits per heavy atom. The smallest absolute Gasteiger partial charge is 0.367 e. The van der Waals surface area contributed by atoms with Crippen LogP contribution in [0, 0.1) is 0 Å². The number of hydrogen-bond donors (Lipinski definition) is 0. The van der Waals surface area contributed by atoms with Crippen LogP contribution in [0.25, 0.3) is 54.6 Å². The summed E-state index contributed by atoms with van der Waals surface area (Å²) in [6, 6.07) is 58.7. The molecule has 0 unspecified atom stereocenters. The number of benzene rings is 9. The summed E-state index contributed by atoms with van der Waals surface area (Å²) in [6.45, 7) is -1.48. The summed E-state index contributed by atoms with van der Waals surface area (Å²) >= 11 is 1.81. The lowest BCUT2D eigenvalue weighted by Gasteiger charge is -2.38. The lowest BCUT2D eigenvalue weighted by Crippen LogP contribution is -2.54. The predicted octanol–water partition coefficient (Wildman–Crippen LogP) is 13.3. The summed E-state index contributed by atoms with van der Waals surface area (Å²) in [5.74, 6) is -8.08. The summed E-state index contributed by atoms with van der Waals surface area (Å²) in [4.78, 5) is 130. The van der Waals surface area contributed by atoms with Crippen LogP contribution in [-0.2, 0) is 75.8 Å². The molecular weight excluding hydrogens is 1200 g/mol. The van der Waals surface area contributed by atoms with Crippen LogP contribution >= 0.6 is 22.7 Å². The Morgan fingerprint density at radius 1 is 0.359 bits per heavy atom. The van der Waals surface area contributed by atoms with Gasteiger partial charge in [-0.1, -0.05) is 170 Å². The Morgan fingerprint density at radius 3 is 0.891 bits per heavy atom. The van der Waals surface area contributed by atoms with E-state index in [9.17, 15) is 19.2 Å². The molecule has 2 aliphatic carbocycles. The van der Waals surface area contributed by atoms with Crippen molar-refractivity contribution in [1.82, 2.24) is 9.97 Å². The maximum Gasteiger partial charge on any atom is 0.367 e. The summed E-state index contributed by atoms with van der Waals surface area (Å²) < 4.78 is 38.0. The minimum Gasteiger partial charge on any atom is -0.457 e. The van der Waals surface area contributed by atoms with Crippen LogP contribution in [0.2, 0.25) is 0 Å². The summed E-state index contributed by atoms with van der Waals surface area (Å²) in [6.07, 6.45) is 2.61. The average molecular weight is 1250 g/mol. The van der Waals surface area contributed by atoms with Crippen LogP contribution in [0.3, 0.4) is 0 Å². The standard InChI is InChI=1S/C74H44N2O14S2/c77-61-49-29-45-25-13-14-26-46(45)30-50(49)62(78)55(61)35-59-75-67-65(91-59)53-34-58-54(33-57(53)73(89-67,69(81)85-37-41-17-5-1-6-18-41)70(82)86-38-42-19-7-2-8-20-42)66-68(76-60(92-66)36-56-63(79)51-31-47-27-15-16-28-48(47)32-52(51)64(56)80)90-74(58,71(83)87-39-43-21-9-3-10-22-43)72(84)88-40-44-23-11-4-12-24-44/h1-36H,37-40H2. The first-order chi connectivity index (χ1) is 44.8. The van der Waals surface area contributed by atoms with Crippen LogP contribution in [0.1, 0.15) is 84.8 Å². The number of nitrogens with zero attached hydrogens (tertiary/aromatic N) is 2. The molecule has 18 heteroatoms. The highest BCUT2D eigenvalue weighted by Gasteiger charge is 2.63. The molecule has 446 valence electrons. The molecule has 16 nitrogen and oxygen atoms in total. The lowest BCUT2D eigenvalue weighted by atomic mass is 9.79. The van der Waals surface area contributed by atoms with Crippen LogP contribution in [0.15, 0.2) is 217 Å². The van der Waals surface area contributed by atoms with Crippen LogP contribution in [0.4, 0.5) is 0 Å². The van der Waals surface area contributed by atoms with Crippen LogP contribution < -0.4 is 9.47 Å². The average Bonchev–Trinajstić information content (AvgIpc) is 1.14. The molecule has 0 fully saturated rings. The highest BCUT2D eigenvalue weighted by Crippen LogP contribution is 2.57. The van der Waals surface area contributed by atoms with E-state index in [1.807, 2.05) is 48.5 Å². The van der Waals surface area contributed by atoms with Crippen molar-refractivity contribution in [3.63, 3.8) is 0 Å². The summed E-state index contributed by atoms with van der Waals surface area (Å²) in [5, 5.41) is 3.00. The fraction of sp³-hybridized carbons (Fsp3) is 0.0811. The number of esters is 4. The normalized spacial score (nSPS) is 14.4. The first kappa shape index (κ1) is 56.9. The van der Waals surface area contributed by atoms with Crippen molar-refractivity contribution in [2.75, 3.05) is 0 Å². The van der Waals surface area contributed by atoms with Gasteiger partial charge in [0.1, 0.15) is 36.4 Å². The summed E-state index contributed by atoms with van der Waals surface area (Å²) in [7, 11) is 0. The van der Waals surface area contributed by atoms with Gasteiger partial charge in [-0.25, -0.2) is 29.1 Å². The number of allylic oxidation sites excluding steroid dienone is 2. The molecule has 2 aliphatic heterocycles. The van der Waals surface area contributed by atoms with Gasteiger partial charge >= 0.3 is 35.1 Å². The van der Waals surface area contributed by atoms with Crippen molar-refractivity contribution in [1.29, 1.82) is 0 Å². The molecule has 11 aromatic rings. The Hall–Kier alpha value is -11.6. The van der Waals surface area contributed by atoms with Gasteiger partial charge in [-0.15, -0.1) is 22.7 Å². The first-order valence-corrected chi connectivity index (χ1v) is 30.6. The van der Waals surface area contributed by atoms with Gasteiger partial charge in [0.05, 0.1) is 20.9 Å². The molecule has 15 rings (SSSR count).